The van der Waals surface area contributed by atoms with Gasteiger partial charge in [0, 0.05) is 31.7 Å². The van der Waals surface area contributed by atoms with Gasteiger partial charge in [0.05, 0.1) is 23.4 Å². The van der Waals surface area contributed by atoms with E-state index in [1.165, 1.54) is 0 Å². The number of rotatable bonds is 7. The lowest BCUT2D eigenvalue weighted by Crippen LogP contribution is -2.43. The van der Waals surface area contributed by atoms with Gasteiger partial charge < -0.3 is 9.47 Å². The zero-order valence-electron chi connectivity index (χ0n) is 18.2. The first-order valence-corrected chi connectivity index (χ1v) is 11.9. The van der Waals surface area contributed by atoms with E-state index in [0.717, 1.165) is 53.9 Å². The first kappa shape index (κ1) is 21.6. The van der Waals surface area contributed by atoms with Crippen molar-refractivity contribution >= 4 is 32.6 Å². The van der Waals surface area contributed by atoms with Crippen LogP contribution in [0.4, 0.5) is 5.13 Å². The average molecular weight is 460 g/mol. The van der Waals surface area contributed by atoms with E-state index in [4.69, 9.17) is 14.5 Å². The van der Waals surface area contributed by atoms with Gasteiger partial charge >= 0.3 is 0 Å². The van der Waals surface area contributed by atoms with E-state index in [1.807, 2.05) is 78.9 Å². The second-order valence-electron chi connectivity index (χ2n) is 7.81. The third-order valence-corrected chi connectivity index (χ3v) is 6.64. The first-order valence-electron chi connectivity index (χ1n) is 11.1. The number of morpholine rings is 1. The number of para-hydroxylation sites is 2. The summed E-state index contributed by atoms with van der Waals surface area (Å²) in [7, 11) is 0. The van der Waals surface area contributed by atoms with E-state index >= 15 is 0 Å². The van der Waals surface area contributed by atoms with Crippen LogP contribution in [0.5, 0.6) is 11.5 Å². The Morgan fingerprint density at radius 1 is 0.939 bits per heavy atom. The Hall–Kier alpha value is -3.26. The van der Waals surface area contributed by atoms with Gasteiger partial charge in [-0.05, 0) is 48.5 Å². The van der Waals surface area contributed by atoms with Crippen LogP contribution in [0.15, 0.2) is 78.9 Å². The molecule has 0 bridgehead atoms. The van der Waals surface area contributed by atoms with E-state index in [9.17, 15) is 4.79 Å². The topological polar surface area (TPSA) is 54.9 Å². The number of ether oxygens (including phenoxy) is 2. The van der Waals surface area contributed by atoms with E-state index in [0.29, 0.717) is 17.9 Å². The van der Waals surface area contributed by atoms with Gasteiger partial charge in [0.15, 0.2) is 5.13 Å². The Bertz CT molecular complexity index is 1170. The number of nitrogens with zero attached hydrogens (tertiary/aromatic N) is 3. The molecule has 33 heavy (non-hydrogen) atoms. The number of hydrogen-bond acceptors (Lipinski definition) is 6. The van der Waals surface area contributed by atoms with Gasteiger partial charge in [0.25, 0.3) is 5.91 Å². The fourth-order valence-electron chi connectivity index (χ4n) is 3.77. The van der Waals surface area contributed by atoms with Crippen molar-refractivity contribution in [3.05, 3.63) is 84.4 Å². The van der Waals surface area contributed by atoms with Crippen molar-refractivity contribution in [2.45, 2.75) is 0 Å². The van der Waals surface area contributed by atoms with Gasteiger partial charge in [-0.25, -0.2) is 4.98 Å². The predicted molar refractivity (Wildman–Crippen MR) is 132 cm³/mol. The quantitative estimate of drug-likeness (QED) is 0.386. The predicted octanol–water partition coefficient (Wildman–Crippen LogP) is 5.07. The Kier molecular flexibility index (Phi) is 6.62. The van der Waals surface area contributed by atoms with Crippen LogP contribution < -0.4 is 9.64 Å². The molecule has 0 N–H and O–H groups in total. The summed E-state index contributed by atoms with van der Waals surface area (Å²) in [4.78, 5) is 22.5. The third-order valence-electron chi connectivity index (χ3n) is 5.58. The van der Waals surface area contributed by atoms with Crippen molar-refractivity contribution < 1.29 is 14.3 Å². The number of thiazole rings is 1. The van der Waals surface area contributed by atoms with Crippen LogP contribution >= 0.6 is 11.3 Å². The molecule has 168 valence electrons. The highest BCUT2D eigenvalue weighted by Crippen LogP contribution is 2.30. The zero-order chi connectivity index (χ0) is 22.5. The normalized spacial score (nSPS) is 14.3. The maximum absolute atomic E-state index is 13.6. The van der Waals surface area contributed by atoms with Crippen molar-refractivity contribution in [1.29, 1.82) is 0 Å². The van der Waals surface area contributed by atoms with Gasteiger partial charge in [0.1, 0.15) is 11.5 Å². The summed E-state index contributed by atoms with van der Waals surface area (Å²) in [5, 5.41) is 0.721. The lowest BCUT2D eigenvalue weighted by atomic mass is 10.2. The summed E-state index contributed by atoms with van der Waals surface area (Å²) < 4.78 is 12.4. The highest BCUT2D eigenvalue weighted by atomic mass is 32.1. The zero-order valence-corrected chi connectivity index (χ0v) is 19.0. The minimum atomic E-state index is -0.0615. The largest absolute Gasteiger partial charge is 0.457 e. The molecule has 1 aromatic heterocycles. The number of benzene rings is 3. The summed E-state index contributed by atoms with van der Waals surface area (Å²) in [6.45, 7) is 4.58. The molecule has 0 atom stereocenters. The molecule has 5 rings (SSSR count). The molecule has 1 saturated heterocycles. The summed E-state index contributed by atoms with van der Waals surface area (Å²) in [5.74, 6) is 1.39. The number of aromatic nitrogens is 1. The van der Waals surface area contributed by atoms with Crippen molar-refractivity contribution in [3.8, 4) is 11.5 Å². The maximum Gasteiger partial charge on any atom is 0.260 e. The molecule has 1 aliphatic heterocycles. The molecule has 0 aliphatic carbocycles. The number of amides is 1. The van der Waals surface area contributed by atoms with E-state index in [-0.39, 0.29) is 5.91 Å². The monoisotopic (exact) mass is 459 g/mol. The highest BCUT2D eigenvalue weighted by molar-refractivity contribution is 7.22. The van der Waals surface area contributed by atoms with Crippen LogP contribution in [0.2, 0.25) is 0 Å². The van der Waals surface area contributed by atoms with E-state index < -0.39 is 0 Å². The average Bonchev–Trinajstić information content (AvgIpc) is 3.30. The van der Waals surface area contributed by atoms with E-state index in [2.05, 4.69) is 4.90 Å². The van der Waals surface area contributed by atoms with Gasteiger partial charge in [-0.2, -0.15) is 0 Å². The maximum atomic E-state index is 13.6. The Balaban J connectivity index is 1.36. The van der Waals surface area contributed by atoms with Crippen LogP contribution in [0.25, 0.3) is 10.2 Å². The SMILES string of the molecule is O=C(c1ccc(Oc2ccccc2)cc1)N(CCN1CCOCC1)c1nc2ccccc2s1. The molecule has 2 heterocycles. The minimum Gasteiger partial charge on any atom is -0.457 e. The lowest BCUT2D eigenvalue weighted by molar-refractivity contribution is 0.0391. The molecule has 1 fully saturated rings. The second-order valence-corrected chi connectivity index (χ2v) is 8.82. The van der Waals surface area contributed by atoms with Crippen LogP contribution in [0, 0.1) is 0 Å². The van der Waals surface area contributed by atoms with Crippen molar-refractivity contribution in [2.24, 2.45) is 0 Å². The van der Waals surface area contributed by atoms with Crippen LogP contribution in [-0.2, 0) is 4.74 Å². The molecule has 0 saturated carbocycles. The van der Waals surface area contributed by atoms with Crippen molar-refractivity contribution in [1.82, 2.24) is 9.88 Å². The van der Waals surface area contributed by atoms with E-state index in [1.54, 1.807) is 16.2 Å². The summed E-state index contributed by atoms with van der Waals surface area (Å²) >= 11 is 1.55. The standard InChI is InChI=1S/C26H25N3O3S/c30-25(20-10-12-22(13-11-20)32-21-6-2-1-3-7-21)29(15-14-28-16-18-31-19-17-28)26-27-23-8-4-5-9-24(23)33-26/h1-13H,14-19H2. The number of carbonyl (C=O) groups excluding carboxylic acids is 1. The smallest absolute Gasteiger partial charge is 0.260 e. The Morgan fingerprint density at radius 3 is 2.39 bits per heavy atom. The van der Waals surface area contributed by atoms with Crippen molar-refractivity contribution in [2.75, 3.05) is 44.3 Å². The van der Waals surface area contributed by atoms with Gasteiger partial charge in [-0.3, -0.25) is 14.6 Å². The Labute approximate surface area is 197 Å². The molecule has 7 heteroatoms. The van der Waals surface area contributed by atoms with Crippen LogP contribution in [0.3, 0.4) is 0 Å². The number of hydrogen-bond donors (Lipinski definition) is 0. The molecule has 1 aliphatic rings. The highest BCUT2D eigenvalue weighted by Gasteiger charge is 2.23. The number of anilines is 1. The molecular weight excluding hydrogens is 434 g/mol. The van der Waals surface area contributed by atoms with Gasteiger partial charge in [-0.15, -0.1) is 0 Å². The molecule has 4 aromatic rings. The third kappa shape index (κ3) is 5.22. The molecule has 0 unspecified atom stereocenters. The Morgan fingerprint density at radius 2 is 1.64 bits per heavy atom. The molecule has 0 spiro atoms. The molecule has 0 radical (unpaired) electrons. The van der Waals surface area contributed by atoms with Gasteiger partial charge in [0.2, 0.25) is 0 Å². The summed E-state index contributed by atoms with van der Waals surface area (Å²) in [6, 6.07) is 24.9. The lowest BCUT2D eigenvalue weighted by Gasteiger charge is -2.29. The van der Waals surface area contributed by atoms with Crippen molar-refractivity contribution in [3.63, 3.8) is 0 Å². The summed E-state index contributed by atoms with van der Waals surface area (Å²) in [6.07, 6.45) is 0. The molecule has 1 amide bonds. The first-order chi connectivity index (χ1) is 16.3. The molecule has 6 nitrogen and oxygen atoms in total. The van der Waals surface area contributed by atoms with Crippen LogP contribution in [0.1, 0.15) is 10.4 Å². The second kappa shape index (κ2) is 10.1. The number of carbonyl (C=O) groups is 1. The number of fused-ring (bicyclic) bond motifs is 1. The van der Waals surface area contributed by atoms with Gasteiger partial charge in [-0.1, -0.05) is 41.7 Å². The molecular formula is C26H25N3O3S. The van der Waals surface area contributed by atoms with Crippen LogP contribution in [-0.4, -0.2) is 55.2 Å². The molecule has 3 aromatic carbocycles. The fourth-order valence-corrected chi connectivity index (χ4v) is 4.76. The summed E-state index contributed by atoms with van der Waals surface area (Å²) in [5.41, 5.74) is 1.52. The fraction of sp³-hybridized carbons (Fsp3) is 0.231. The minimum absolute atomic E-state index is 0.0615.